The molecule has 1 unspecified atom stereocenters. The molecule has 0 radical (unpaired) electrons. The van der Waals surface area contributed by atoms with Gasteiger partial charge in [0.1, 0.15) is 0 Å². The zero-order valence-electron chi connectivity index (χ0n) is 13.4. The van der Waals surface area contributed by atoms with Crippen molar-refractivity contribution < 1.29 is 4.74 Å². The van der Waals surface area contributed by atoms with Crippen molar-refractivity contribution in [1.82, 2.24) is 10.2 Å². The first kappa shape index (κ1) is 16.0. The summed E-state index contributed by atoms with van der Waals surface area (Å²) in [6, 6.07) is 0.556. The molecular formula is C17H32N2O. The van der Waals surface area contributed by atoms with Gasteiger partial charge in [-0.1, -0.05) is 38.8 Å². The van der Waals surface area contributed by atoms with E-state index in [9.17, 15) is 0 Å². The van der Waals surface area contributed by atoms with Crippen molar-refractivity contribution in [3.05, 3.63) is 12.2 Å². The van der Waals surface area contributed by atoms with Gasteiger partial charge in [-0.25, -0.2) is 0 Å². The van der Waals surface area contributed by atoms with Crippen LogP contribution in [0.5, 0.6) is 0 Å². The minimum atomic E-state index is 0.345. The summed E-state index contributed by atoms with van der Waals surface area (Å²) in [5, 5.41) is 3.78. The Hall–Kier alpha value is -0.380. The summed E-state index contributed by atoms with van der Waals surface area (Å²) in [5.74, 6) is 0. The van der Waals surface area contributed by atoms with E-state index in [0.717, 1.165) is 45.7 Å². The number of rotatable bonds is 7. The summed E-state index contributed by atoms with van der Waals surface area (Å²) in [4.78, 5) is 2.72. The molecule has 1 aliphatic carbocycles. The molecule has 20 heavy (non-hydrogen) atoms. The molecule has 0 bridgehead atoms. The van der Waals surface area contributed by atoms with E-state index < -0.39 is 0 Å². The van der Waals surface area contributed by atoms with E-state index in [1.165, 1.54) is 31.3 Å². The molecule has 2 fully saturated rings. The Bertz CT molecular complexity index is 304. The van der Waals surface area contributed by atoms with Crippen LogP contribution in [-0.4, -0.2) is 49.3 Å². The highest BCUT2D eigenvalue weighted by molar-refractivity contribution is 5.09. The Morgan fingerprint density at radius 1 is 1.25 bits per heavy atom. The molecule has 1 heterocycles. The average molecular weight is 280 g/mol. The van der Waals surface area contributed by atoms with Gasteiger partial charge < -0.3 is 10.1 Å². The molecular weight excluding hydrogens is 248 g/mol. The predicted octanol–water partition coefficient (Wildman–Crippen LogP) is 2.97. The van der Waals surface area contributed by atoms with Gasteiger partial charge in [0.05, 0.1) is 13.2 Å². The van der Waals surface area contributed by atoms with Crippen LogP contribution in [0.1, 0.15) is 52.4 Å². The number of ether oxygens (including phenoxy) is 1. The first-order chi connectivity index (χ1) is 9.73. The highest BCUT2D eigenvalue weighted by Gasteiger charge is 2.45. The van der Waals surface area contributed by atoms with Crippen LogP contribution < -0.4 is 5.32 Å². The van der Waals surface area contributed by atoms with Crippen molar-refractivity contribution in [2.24, 2.45) is 0 Å². The molecule has 1 saturated carbocycles. The van der Waals surface area contributed by atoms with E-state index in [2.05, 4.69) is 30.6 Å². The largest absolute Gasteiger partial charge is 0.379 e. The van der Waals surface area contributed by atoms with Crippen molar-refractivity contribution >= 4 is 0 Å². The van der Waals surface area contributed by atoms with Crippen LogP contribution in [-0.2, 0) is 4.74 Å². The second-order valence-corrected chi connectivity index (χ2v) is 6.33. The van der Waals surface area contributed by atoms with Gasteiger partial charge in [0.2, 0.25) is 0 Å². The second-order valence-electron chi connectivity index (χ2n) is 6.33. The molecule has 1 N–H and O–H groups in total. The van der Waals surface area contributed by atoms with Crippen molar-refractivity contribution in [2.45, 2.75) is 64.0 Å². The highest BCUT2D eigenvalue weighted by Crippen LogP contribution is 2.40. The van der Waals surface area contributed by atoms with E-state index in [0.29, 0.717) is 11.6 Å². The van der Waals surface area contributed by atoms with Crippen LogP contribution in [0.25, 0.3) is 0 Å². The number of morpholine rings is 1. The first-order valence-corrected chi connectivity index (χ1v) is 8.45. The van der Waals surface area contributed by atoms with Crippen LogP contribution >= 0.6 is 0 Å². The predicted molar refractivity (Wildman–Crippen MR) is 85.1 cm³/mol. The molecule has 0 aromatic rings. The Morgan fingerprint density at radius 3 is 2.45 bits per heavy atom. The summed E-state index contributed by atoms with van der Waals surface area (Å²) in [5.41, 5.74) is 1.73. The molecule has 2 aliphatic rings. The van der Waals surface area contributed by atoms with Crippen LogP contribution in [0.15, 0.2) is 12.2 Å². The van der Waals surface area contributed by atoms with Crippen LogP contribution in [0, 0.1) is 0 Å². The van der Waals surface area contributed by atoms with E-state index in [1.807, 2.05) is 0 Å². The smallest absolute Gasteiger partial charge is 0.0594 e. The van der Waals surface area contributed by atoms with Gasteiger partial charge in [-0.15, -0.1) is 0 Å². The second kappa shape index (κ2) is 7.58. The Balaban J connectivity index is 2.15. The topological polar surface area (TPSA) is 24.5 Å². The summed E-state index contributed by atoms with van der Waals surface area (Å²) in [6.45, 7) is 13.8. The van der Waals surface area contributed by atoms with Crippen LogP contribution in [0.4, 0.5) is 0 Å². The highest BCUT2D eigenvalue weighted by atomic mass is 16.5. The van der Waals surface area contributed by atoms with Gasteiger partial charge in [0, 0.05) is 24.7 Å². The van der Waals surface area contributed by atoms with Gasteiger partial charge in [-0.2, -0.15) is 0 Å². The first-order valence-electron chi connectivity index (χ1n) is 8.45. The fourth-order valence-corrected chi connectivity index (χ4v) is 4.01. The molecule has 1 atom stereocenters. The van der Waals surface area contributed by atoms with Gasteiger partial charge in [0.15, 0.2) is 0 Å². The molecule has 1 saturated heterocycles. The summed E-state index contributed by atoms with van der Waals surface area (Å²) in [7, 11) is 0. The number of nitrogens with zero attached hydrogens (tertiary/aromatic N) is 1. The van der Waals surface area contributed by atoms with Crippen LogP contribution in [0.2, 0.25) is 0 Å². The van der Waals surface area contributed by atoms with Crippen LogP contribution in [0.3, 0.4) is 0 Å². The molecule has 2 rings (SSSR count). The summed E-state index contributed by atoms with van der Waals surface area (Å²) < 4.78 is 5.57. The fraction of sp³-hybridized carbons (Fsp3) is 0.882. The van der Waals surface area contributed by atoms with Gasteiger partial charge >= 0.3 is 0 Å². The Morgan fingerprint density at radius 2 is 1.90 bits per heavy atom. The van der Waals surface area contributed by atoms with Crippen molar-refractivity contribution in [1.29, 1.82) is 0 Å². The zero-order chi connectivity index (χ0) is 14.4. The maximum absolute atomic E-state index is 5.57. The lowest BCUT2D eigenvalue weighted by molar-refractivity contribution is -0.0355. The average Bonchev–Trinajstić information content (AvgIpc) is 2.98. The third-order valence-corrected chi connectivity index (χ3v) is 5.20. The zero-order valence-corrected chi connectivity index (χ0v) is 13.4. The Kier molecular flexibility index (Phi) is 6.06. The van der Waals surface area contributed by atoms with E-state index in [1.54, 1.807) is 0 Å². The number of hydrogen-bond acceptors (Lipinski definition) is 3. The van der Waals surface area contributed by atoms with Crippen molar-refractivity contribution in [3.63, 3.8) is 0 Å². The molecule has 0 spiro atoms. The minimum absolute atomic E-state index is 0.345. The number of nitrogens with one attached hydrogen (secondary N) is 1. The normalized spacial score (nSPS) is 24.7. The lowest BCUT2D eigenvalue weighted by Crippen LogP contribution is -2.62. The molecule has 0 aromatic carbocycles. The molecule has 1 aliphatic heterocycles. The summed E-state index contributed by atoms with van der Waals surface area (Å²) in [6.07, 6.45) is 7.64. The fourth-order valence-electron chi connectivity index (χ4n) is 4.01. The number of hydrogen-bond donors (Lipinski definition) is 1. The van der Waals surface area contributed by atoms with E-state index >= 15 is 0 Å². The molecule has 116 valence electrons. The monoisotopic (exact) mass is 280 g/mol. The third-order valence-electron chi connectivity index (χ3n) is 5.20. The molecule has 3 heteroatoms. The molecule has 0 aromatic heterocycles. The van der Waals surface area contributed by atoms with Gasteiger partial charge in [-0.3, -0.25) is 4.90 Å². The summed E-state index contributed by atoms with van der Waals surface area (Å²) >= 11 is 0. The van der Waals surface area contributed by atoms with E-state index in [-0.39, 0.29) is 0 Å². The maximum atomic E-state index is 5.57. The van der Waals surface area contributed by atoms with Gasteiger partial charge in [-0.05, 0) is 32.2 Å². The maximum Gasteiger partial charge on any atom is 0.0594 e. The van der Waals surface area contributed by atoms with Gasteiger partial charge in [0.25, 0.3) is 0 Å². The standard InChI is InChI=1S/C17H32N2O/c1-4-15(3)14-16(18-5-2)17(8-6-7-9-17)19-10-12-20-13-11-19/h16,18H,3-14H2,1-2H3. The third kappa shape index (κ3) is 3.44. The lowest BCUT2D eigenvalue weighted by Gasteiger charge is -2.49. The molecule has 3 nitrogen and oxygen atoms in total. The lowest BCUT2D eigenvalue weighted by atomic mass is 9.81. The van der Waals surface area contributed by atoms with Crippen molar-refractivity contribution in [3.8, 4) is 0 Å². The van der Waals surface area contributed by atoms with E-state index in [4.69, 9.17) is 4.74 Å². The van der Waals surface area contributed by atoms with Crippen molar-refractivity contribution in [2.75, 3.05) is 32.8 Å². The minimum Gasteiger partial charge on any atom is -0.379 e. The number of likely N-dealkylation sites (N-methyl/N-ethyl adjacent to an activating group) is 1. The molecule has 0 amide bonds. The Labute approximate surface area is 124 Å². The SMILES string of the molecule is C=C(CC)CC(NCC)C1(N2CCOCC2)CCCC1. The quantitative estimate of drug-likeness (QED) is 0.726.